The lowest BCUT2D eigenvalue weighted by Gasteiger charge is -2.35. The minimum Gasteiger partial charge on any atom is -0.388 e. The number of rotatable bonds is 6. The minimum absolute atomic E-state index is 0. The van der Waals surface area contributed by atoms with Gasteiger partial charge in [0, 0.05) is 25.7 Å². The first kappa shape index (κ1) is 20.0. The molecule has 2 rings (SSSR count). The van der Waals surface area contributed by atoms with Crippen LogP contribution in [0.1, 0.15) is 46.5 Å². The molecule has 1 saturated heterocycles. The molecule has 1 atom stereocenters. The standard InChI is InChI=1S/C16H32N4O.HI/c1-4-17-15(18-13-16(21)9-7-10-16)20-11-8-14(12-20)19(5-2)6-3;/h14,21H,4-13H2,1-3H3,(H,17,18);1H. The Hall–Kier alpha value is -0.0800. The molecule has 1 aliphatic heterocycles. The quantitative estimate of drug-likeness (QED) is 0.389. The van der Waals surface area contributed by atoms with E-state index >= 15 is 0 Å². The average Bonchev–Trinajstić information content (AvgIpc) is 2.92. The van der Waals surface area contributed by atoms with Gasteiger partial charge in [0.2, 0.25) is 0 Å². The van der Waals surface area contributed by atoms with Crippen molar-refractivity contribution in [3.8, 4) is 0 Å². The summed E-state index contributed by atoms with van der Waals surface area (Å²) in [5.41, 5.74) is -0.529. The second-order valence-corrected chi connectivity index (χ2v) is 6.36. The first-order chi connectivity index (χ1) is 10.1. The van der Waals surface area contributed by atoms with Gasteiger partial charge in [-0.25, -0.2) is 0 Å². The zero-order chi connectivity index (χ0) is 15.3. The molecule has 5 nitrogen and oxygen atoms in total. The Morgan fingerprint density at radius 2 is 2.00 bits per heavy atom. The lowest BCUT2D eigenvalue weighted by atomic mass is 9.80. The lowest BCUT2D eigenvalue weighted by Crippen LogP contribution is -2.45. The molecule has 2 N–H and O–H groups in total. The van der Waals surface area contributed by atoms with Crippen molar-refractivity contribution in [2.45, 2.75) is 58.1 Å². The van der Waals surface area contributed by atoms with E-state index in [2.05, 4.69) is 35.9 Å². The van der Waals surface area contributed by atoms with Gasteiger partial charge in [0.1, 0.15) is 0 Å². The van der Waals surface area contributed by atoms with Crippen LogP contribution < -0.4 is 5.32 Å². The molecule has 0 aromatic carbocycles. The molecule has 2 aliphatic rings. The molecule has 1 aliphatic carbocycles. The summed E-state index contributed by atoms with van der Waals surface area (Å²) < 4.78 is 0. The van der Waals surface area contributed by atoms with Crippen LogP contribution in [0.4, 0.5) is 0 Å². The van der Waals surface area contributed by atoms with Crippen molar-refractivity contribution in [2.24, 2.45) is 4.99 Å². The SMILES string of the molecule is CCNC(=NCC1(O)CCC1)N1CCC(N(CC)CC)C1.I. The summed E-state index contributed by atoms with van der Waals surface area (Å²) in [4.78, 5) is 9.58. The molecular weight excluding hydrogens is 391 g/mol. The van der Waals surface area contributed by atoms with Crippen molar-refractivity contribution in [3.63, 3.8) is 0 Å². The van der Waals surface area contributed by atoms with Crippen LogP contribution in [0.5, 0.6) is 0 Å². The van der Waals surface area contributed by atoms with Gasteiger partial charge in [-0.2, -0.15) is 0 Å². The van der Waals surface area contributed by atoms with Crippen molar-refractivity contribution in [1.29, 1.82) is 0 Å². The Bertz CT molecular complexity index is 356. The molecule has 6 heteroatoms. The number of halogens is 1. The third kappa shape index (κ3) is 4.96. The second kappa shape index (κ2) is 9.27. The van der Waals surface area contributed by atoms with Gasteiger partial charge in [0.15, 0.2) is 5.96 Å². The average molecular weight is 424 g/mol. The van der Waals surface area contributed by atoms with Crippen molar-refractivity contribution in [3.05, 3.63) is 0 Å². The van der Waals surface area contributed by atoms with Crippen LogP contribution in [0, 0.1) is 0 Å². The predicted molar refractivity (Wildman–Crippen MR) is 103 cm³/mol. The van der Waals surface area contributed by atoms with E-state index in [0.717, 1.165) is 57.9 Å². The van der Waals surface area contributed by atoms with Crippen molar-refractivity contribution < 1.29 is 5.11 Å². The normalized spacial score (nSPS) is 24.1. The van der Waals surface area contributed by atoms with E-state index in [1.165, 1.54) is 6.42 Å². The Morgan fingerprint density at radius 3 is 2.50 bits per heavy atom. The second-order valence-electron chi connectivity index (χ2n) is 6.36. The van der Waals surface area contributed by atoms with E-state index in [9.17, 15) is 5.11 Å². The van der Waals surface area contributed by atoms with E-state index in [1.54, 1.807) is 0 Å². The van der Waals surface area contributed by atoms with Gasteiger partial charge in [-0.3, -0.25) is 9.89 Å². The third-order valence-corrected chi connectivity index (χ3v) is 4.93. The maximum Gasteiger partial charge on any atom is 0.194 e. The molecule has 0 aromatic rings. The molecule has 22 heavy (non-hydrogen) atoms. The smallest absolute Gasteiger partial charge is 0.194 e. The molecule has 1 unspecified atom stereocenters. The number of nitrogens with one attached hydrogen (secondary N) is 1. The van der Waals surface area contributed by atoms with Gasteiger partial charge >= 0.3 is 0 Å². The largest absolute Gasteiger partial charge is 0.388 e. The molecule has 0 radical (unpaired) electrons. The number of guanidine groups is 1. The first-order valence-electron chi connectivity index (χ1n) is 8.61. The van der Waals surface area contributed by atoms with Gasteiger partial charge in [-0.1, -0.05) is 13.8 Å². The van der Waals surface area contributed by atoms with Crippen LogP contribution in [0.25, 0.3) is 0 Å². The zero-order valence-corrected chi connectivity index (χ0v) is 16.7. The summed E-state index contributed by atoms with van der Waals surface area (Å²) in [5.74, 6) is 0.979. The van der Waals surface area contributed by atoms with Crippen molar-refractivity contribution >= 4 is 29.9 Å². The van der Waals surface area contributed by atoms with Crippen LogP contribution in [-0.4, -0.2) is 71.8 Å². The van der Waals surface area contributed by atoms with E-state index in [4.69, 9.17) is 4.99 Å². The van der Waals surface area contributed by atoms with E-state index in [-0.39, 0.29) is 24.0 Å². The van der Waals surface area contributed by atoms with E-state index in [0.29, 0.717) is 12.6 Å². The van der Waals surface area contributed by atoms with Gasteiger partial charge in [0.25, 0.3) is 0 Å². The summed E-state index contributed by atoms with van der Waals surface area (Å²) in [7, 11) is 0. The molecule has 1 saturated carbocycles. The maximum atomic E-state index is 10.2. The Balaban J connectivity index is 0.00000242. The van der Waals surface area contributed by atoms with Crippen LogP contribution in [0.2, 0.25) is 0 Å². The topological polar surface area (TPSA) is 51.1 Å². The monoisotopic (exact) mass is 424 g/mol. The van der Waals surface area contributed by atoms with Gasteiger partial charge in [-0.15, -0.1) is 24.0 Å². The fourth-order valence-corrected chi connectivity index (χ4v) is 3.36. The highest BCUT2D eigenvalue weighted by atomic mass is 127. The number of likely N-dealkylation sites (tertiary alicyclic amines) is 1. The summed E-state index contributed by atoms with van der Waals surface area (Å²) >= 11 is 0. The molecule has 1 heterocycles. The Labute approximate surface area is 152 Å². The molecular formula is C16H33IN4O. The molecule has 0 spiro atoms. The van der Waals surface area contributed by atoms with E-state index < -0.39 is 5.60 Å². The number of aliphatic hydroxyl groups is 1. The highest BCUT2D eigenvalue weighted by Crippen LogP contribution is 2.31. The molecule has 130 valence electrons. The number of nitrogens with zero attached hydrogens (tertiary/aromatic N) is 3. The zero-order valence-electron chi connectivity index (χ0n) is 14.3. The van der Waals surface area contributed by atoms with Crippen LogP contribution >= 0.6 is 24.0 Å². The third-order valence-electron chi connectivity index (χ3n) is 4.93. The van der Waals surface area contributed by atoms with Crippen LogP contribution in [-0.2, 0) is 0 Å². The number of hydrogen-bond acceptors (Lipinski definition) is 3. The van der Waals surface area contributed by atoms with Crippen molar-refractivity contribution in [1.82, 2.24) is 15.1 Å². The molecule has 0 bridgehead atoms. The highest BCUT2D eigenvalue weighted by molar-refractivity contribution is 14.0. The van der Waals surface area contributed by atoms with Crippen LogP contribution in [0.15, 0.2) is 4.99 Å². The number of hydrogen-bond donors (Lipinski definition) is 2. The fraction of sp³-hybridized carbons (Fsp3) is 0.938. The maximum absolute atomic E-state index is 10.2. The highest BCUT2D eigenvalue weighted by Gasteiger charge is 2.35. The Morgan fingerprint density at radius 1 is 1.32 bits per heavy atom. The Kier molecular flexibility index (Phi) is 8.42. The van der Waals surface area contributed by atoms with Gasteiger partial charge in [-0.05, 0) is 45.7 Å². The fourth-order valence-electron chi connectivity index (χ4n) is 3.36. The summed E-state index contributed by atoms with van der Waals surface area (Å²) in [6.45, 7) is 12.3. The molecule has 0 aromatic heterocycles. The predicted octanol–water partition coefficient (Wildman–Crippen LogP) is 1.90. The molecule has 0 amide bonds. The first-order valence-corrected chi connectivity index (χ1v) is 8.61. The summed E-state index contributed by atoms with van der Waals surface area (Å²) in [6.07, 6.45) is 4.14. The minimum atomic E-state index is -0.529. The van der Waals surface area contributed by atoms with Gasteiger partial charge in [0.05, 0.1) is 12.1 Å². The molecule has 2 fully saturated rings. The van der Waals surface area contributed by atoms with Gasteiger partial charge < -0.3 is 15.3 Å². The van der Waals surface area contributed by atoms with Crippen molar-refractivity contribution in [2.75, 3.05) is 39.3 Å². The summed E-state index contributed by atoms with van der Waals surface area (Å²) in [6, 6.07) is 0.635. The van der Waals surface area contributed by atoms with Crippen LogP contribution in [0.3, 0.4) is 0 Å². The summed E-state index contributed by atoms with van der Waals surface area (Å²) in [5, 5.41) is 13.6. The lowest BCUT2D eigenvalue weighted by molar-refractivity contribution is -0.0237. The number of aliphatic imine (C=N–C) groups is 1. The number of likely N-dealkylation sites (N-methyl/N-ethyl adjacent to an activating group) is 1. The van der Waals surface area contributed by atoms with E-state index in [1.807, 2.05) is 0 Å².